The van der Waals surface area contributed by atoms with E-state index < -0.39 is 0 Å². The first-order valence-electron chi connectivity index (χ1n) is 11.0. The normalized spacial score (nSPS) is 11.6. The summed E-state index contributed by atoms with van der Waals surface area (Å²) in [7, 11) is 0. The molecular formula is C27H26N4O2. The Morgan fingerprint density at radius 2 is 1.64 bits per heavy atom. The van der Waals surface area contributed by atoms with Gasteiger partial charge in [0.1, 0.15) is 5.82 Å². The number of fused-ring (bicyclic) bond motifs is 1. The van der Waals surface area contributed by atoms with Gasteiger partial charge in [-0.1, -0.05) is 61.2 Å². The molecule has 0 spiro atoms. The van der Waals surface area contributed by atoms with Crippen LogP contribution in [0.2, 0.25) is 0 Å². The van der Waals surface area contributed by atoms with Crippen LogP contribution < -0.4 is 10.6 Å². The molecule has 0 aliphatic rings. The van der Waals surface area contributed by atoms with Crippen molar-refractivity contribution in [2.75, 3.05) is 6.54 Å². The molecule has 1 aromatic heterocycles. The van der Waals surface area contributed by atoms with Gasteiger partial charge in [-0.05, 0) is 54.3 Å². The maximum Gasteiger partial charge on any atom is 0.251 e. The number of imidazole rings is 1. The summed E-state index contributed by atoms with van der Waals surface area (Å²) in [5, 5.41) is 5.88. The lowest BCUT2D eigenvalue weighted by atomic mass is 10.0. The minimum absolute atomic E-state index is 0.171. The highest BCUT2D eigenvalue weighted by molar-refractivity contribution is 5.95. The number of para-hydroxylation sites is 2. The van der Waals surface area contributed by atoms with Gasteiger partial charge in [-0.15, -0.1) is 0 Å². The molecule has 1 heterocycles. The summed E-state index contributed by atoms with van der Waals surface area (Å²) in [6.45, 7) is 3.95. The fourth-order valence-corrected chi connectivity index (χ4v) is 3.69. The molecular weight excluding hydrogens is 412 g/mol. The number of benzene rings is 3. The molecule has 0 aliphatic carbocycles. The highest BCUT2D eigenvalue weighted by Gasteiger charge is 2.19. The zero-order valence-corrected chi connectivity index (χ0v) is 18.3. The fraction of sp³-hybridized carbons (Fsp3) is 0.148. The monoisotopic (exact) mass is 438 g/mol. The molecule has 0 unspecified atom stereocenters. The number of carbonyl (C=O) groups is 2. The van der Waals surface area contributed by atoms with Crippen molar-refractivity contribution in [2.24, 2.45) is 0 Å². The van der Waals surface area contributed by atoms with Crippen LogP contribution in [0.15, 0.2) is 91.5 Å². The number of aromatic nitrogens is 2. The van der Waals surface area contributed by atoms with Crippen LogP contribution in [-0.4, -0.2) is 28.3 Å². The number of aromatic amines is 1. The van der Waals surface area contributed by atoms with E-state index >= 15 is 0 Å². The van der Waals surface area contributed by atoms with Gasteiger partial charge in [0.05, 0.1) is 17.1 Å². The molecule has 1 atom stereocenters. The first kappa shape index (κ1) is 22.0. The maximum atomic E-state index is 13.0. The molecule has 4 aromatic rings. The first-order chi connectivity index (χ1) is 16.1. The third-order valence-corrected chi connectivity index (χ3v) is 5.45. The van der Waals surface area contributed by atoms with Gasteiger partial charge in [0.2, 0.25) is 5.91 Å². The molecule has 3 N–H and O–H groups in total. The van der Waals surface area contributed by atoms with Crippen molar-refractivity contribution in [3.63, 3.8) is 0 Å². The molecule has 4 rings (SSSR count). The second kappa shape index (κ2) is 10.4. The van der Waals surface area contributed by atoms with Crippen molar-refractivity contribution in [1.29, 1.82) is 0 Å². The molecule has 33 heavy (non-hydrogen) atoms. The lowest BCUT2D eigenvalue weighted by molar-refractivity contribution is -0.116. The van der Waals surface area contributed by atoms with Gasteiger partial charge in [-0.3, -0.25) is 9.59 Å². The van der Waals surface area contributed by atoms with Gasteiger partial charge in [-0.25, -0.2) is 4.98 Å². The van der Waals surface area contributed by atoms with Gasteiger partial charge in [0, 0.05) is 12.1 Å². The van der Waals surface area contributed by atoms with Gasteiger partial charge in [0.15, 0.2) is 0 Å². The van der Waals surface area contributed by atoms with Gasteiger partial charge in [-0.2, -0.15) is 0 Å². The van der Waals surface area contributed by atoms with E-state index in [1.54, 1.807) is 0 Å². The number of rotatable bonds is 9. The summed E-state index contributed by atoms with van der Waals surface area (Å²) in [6, 6.07) is 25.0. The van der Waals surface area contributed by atoms with Crippen LogP contribution in [0.25, 0.3) is 22.2 Å². The van der Waals surface area contributed by atoms with E-state index in [-0.39, 0.29) is 17.9 Å². The lowest BCUT2D eigenvalue weighted by Crippen LogP contribution is -2.30. The smallest absolute Gasteiger partial charge is 0.251 e. The van der Waals surface area contributed by atoms with Crippen LogP contribution >= 0.6 is 0 Å². The SMILES string of the molecule is C=CC(=O)NCCC[C@H](NC(=O)c1ccc(-c2ccccc2)cc1)c1nc2ccccc2[nH]1. The molecule has 3 aromatic carbocycles. The summed E-state index contributed by atoms with van der Waals surface area (Å²) in [5.41, 5.74) is 4.50. The van der Waals surface area contributed by atoms with Crippen LogP contribution in [-0.2, 0) is 4.79 Å². The van der Waals surface area contributed by atoms with E-state index in [4.69, 9.17) is 0 Å². The highest BCUT2D eigenvalue weighted by Crippen LogP contribution is 2.22. The Kier molecular flexibility index (Phi) is 6.95. The van der Waals surface area contributed by atoms with Crippen LogP contribution in [0, 0.1) is 0 Å². The Hall–Kier alpha value is -4.19. The van der Waals surface area contributed by atoms with E-state index in [1.807, 2.05) is 78.9 Å². The van der Waals surface area contributed by atoms with Crippen molar-refractivity contribution >= 4 is 22.8 Å². The zero-order chi connectivity index (χ0) is 23.0. The Bertz CT molecular complexity index is 1210. The largest absolute Gasteiger partial charge is 0.353 e. The number of nitrogens with zero attached hydrogens (tertiary/aromatic N) is 1. The fourth-order valence-electron chi connectivity index (χ4n) is 3.69. The topological polar surface area (TPSA) is 86.9 Å². The van der Waals surface area contributed by atoms with E-state index in [2.05, 4.69) is 27.2 Å². The van der Waals surface area contributed by atoms with Crippen LogP contribution in [0.3, 0.4) is 0 Å². The Morgan fingerprint density at radius 1 is 0.939 bits per heavy atom. The first-order valence-corrected chi connectivity index (χ1v) is 11.0. The number of nitrogens with one attached hydrogen (secondary N) is 3. The number of amides is 2. The minimum Gasteiger partial charge on any atom is -0.353 e. The van der Waals surface area contributed by atoms with E-state index in [9.17, 15) is 9.59 Å². The Balaban J connectivity index is 1.49. The molecule has 6 nitrogen and oxygen atoms in total. The summed E-state index contributed by atoms with van der Waals surface area (Å²) in [6.07, 6.45) is 2.54. The predicted molar refractivity (Wildman–Crippen MR) is 131 cm³/mol. The summed E-state index contributed by atoms with van der Waals surface area (Å²) in [5.74, 6) is 0.313. The van der Waals surface area contributed by atoms with Crippen molar-refractivity contribution < 1.29 is 9.59 Å². The zero-order valence-electron chi connectivity index (χ0n) is 18.3. The second-order valence-electron chi connectivity index (χ2n) is 7.75. The average Bonchev–Trinajstić information content (AvgIpc) is 3.30. The lowest BCUT2D eigenvalue weighted by Gasteiger charge is -2.17. The van der Waals surface area contributed by atoms with Crippen molar-refractivity contribution in [1.82, 2.24) is 20.6 Å². The van der Waals surface area contributed by atoms with Crippen molar-refractivity contribution in [3.05, 3.63) is 103 Å². The third-order valence-electron chi connectivity index (χ3n) is 5.45. The maximum absolute atomic E-state index is 13.0. The second-order valence-corrected chi connectivity index (χ2v) is 7.75. The highest BCUT2D eigenvalue weighted by atomic mass is 16.2. The summed E-state index contributed by atoms with van der Waals surface area (Å²) in [4.78, 5) is 32.4. The molecule has 0 bridgehead atoms. The molecule has 0 fully saturated rings. The predicted octanol–water partition coefficient (Wildman–Crippen LogP) is 4.78. The van der Waals surface area contributed by atoms with Crippen molar-refractivity contribution in [2.45, 2.75) is 18.9 Å². The van der Waals surface area contributed by atoms with Crippen LogP contribution in [0.4, 0.5) is 0 Å². The number of carbonyl (C=O) groups excluding carboxylic acids is 2. The average molecular weight is 439 g/mol. The van der Waals surface area contributed by atoms with Gasteiger partial charge < -0.3 is 15.6 Å². The number of H-pyrrole nitrogens is 1. The minimum atomic E-state index is -0.320. The van der Waals surface area contributed by atoms with Gasteiger partial charge in [0.25, 0.3) is 5.91 Å². The van der Waals surface area contributed by atoms with Crippen LogP contribution in [0.5, 0.6) is 0 Å². The Morgan fingerprint density at radius 3 is 2.36 bits per heavy atom. The molecule has 0 radical (unpaired) electrons. The number of hydrogen-bond acceptors (Lipinski definition) is 3. The number of hydrogen-bond donors (Lipinski definition) is 3. The Labute approximate surface area is 192 Å². The van der Waals surface area contributed by atoms with Crippen LogP contribution in [0.1, 0.15) is 35.1 Å². The molecule has 0 saturated carbocycles. The molecule has 2 amide bonds. The van der Waals surface area contributed by atoms with E-state index in [0.29, 0.717) is 30.8 Å². The van der Waals surface area contributed by atoms with E-state index in [0.717, 1.165) is 22.2 Å². The van der Waals surface area contributed by atoms with Crippen molar-refractivity contribution in [3.8, 4) is 11.1 Å². The molecule has 6 heteroatoms. The third kappa shape index (κ3) is 5.54. The summed E-state index contributed by atoms with van der Waals surface area (Å²) >= 11 is 0. The molecule has 0 aliphatic heterocycles. The van der Waals surface area contributed by atoms with Gasteiger partial charge >= 0.3 is 0 Å². The van der Waals surface area contributed by atoms with E-state index in [1.165, 1.54) is 6.08 Å². The molecule has 0 saturated heterocycles. The quantitative estimate of drug-likeness (QED) is 0.260. The summed E-state index contributed by atoms with van der Waals surface area (Å²) < 4.78 is 0. The molecule has 166 valence electrons. The standard InChI is InChI=1S/C27H26N4O2/c1-2-25(32)28-18-8-13-24(26-29-22-11-6-7-12-23(22)30-26)31-27(33)21-16-14-20(15-17-21)19-9-4-3-5-10-19/h2-7,9-12,14-17,24H,1,8,13,18H2,(H,28,32)(H,29,30)(H,31,33)/t24-/m0/s1.